The average Bonchev–Trinajstić information content (AvgIpc) is 2.88. The van der Waals surface area contributed by atoms with Crippen LogP contribution < -0.4 is 0 Å². The highest BCUT2D eigenvalue weighted by Gasteiger charge is 2.11. The second kappa shape index (κ2) is 6.21. The number of esters is 1. The number of benzene rings is 1. The normalized spacial score (nSPS) is 19.6. The van der Waals surface area contributed by atoms with E-state index >= 15 is 0 Å². The molecule has 1 heterocycles. The number of hydrogen-bond donors (Lipinski definition) is 0. The molecule has 0 aromatic heterocycles. The summed E-state index contributed by atoms with van der Waals surface area (Å²) >= 11 is 0. The lowest BCUT2D eigenvalue weighted by atomic mass is 10.2. The molecule has 1 aromatic carbocycles. The molecule has 0 aliphatic carbocycles. The maximum Gasteiger partial charge on any atom is 0.338 e. The number of hydrogen-bond acceptors (Lipinski definition) is 3. The van der Waals surface area contributed by atoms with Crippen LogP contribution in [0.3, 0.4) is 0 Å². The Balaban J connectivity index is 1.73. The molecule has 1 fully saturated rings. The highest BCUT2D eigenvalue weighted by atomic mass is 16.5. The third kappa shape index (κ3) is 3.71. The number of carbonyl (C=O) groups excluding carboxylic acids is 1. The molecule has 17 heavy (non-hydrogen) atoms. The van der Waals surface area contributed by atoms with Crippen LogP contribution in [-0.2, 0) is 9.47 Å². The Hall–Kier alpha value is -1.61. The molecule has 1 aromatic rings. The molecule has 3 nitrogen and oxygen atoms in total. The van der Waals surface area contributed by atoms with Gasteiger partial charge in [-0.3, -0.25) is 0 Å². The lowest BCUT2D eigenvalue weighted by Gasteiger charge is -2.03. The summed E-state index contributed by atoms with van der Waals surface area (Å²) in [5.41, 5.74) is 0.581. The van der Waals surface area contributed by atoms with E-state index in [4.69, 9.17) is 9.47 Å². The van der Waals surface area contributed by atoms with E-state index in [9.17, 15) is 4.79 Å². The minimum atomic E-state index is -0.289. The van der Waals surface area contributed by atoms with Crippen LogP contribution >= 0.6 is 0 Å². The topological polar surface area (TPSA) is 35.5 Å². The average molecular weight is 232 g/mol. The Morgan fingerprint density at radius 3 is 2.94 bits per heavy atom. The van der Waals surface area contributed by atoms with Gasteiger partial charge in [0.05, 0.1) is 11.7 Å². The molecule has 0 saturated carbocycles. The van der Waals surface area contributed by atoms with E-state index in [1.54, 1.807) is 12.1 Å². The fourth-order valence-corrected chi connectivity index (χ4v) is 1.74. The molecule has 3 heteroatoms. The first-order valence-electron chi connectivity index (χ1n) is 5.87. The van der Waals surface area contributed by atoms with Crippen LogP contribution in [-0.4, -0.2) is 25.3 Å². The minimum Gasteiger partial charge on any atom is -0.458 e. The molecule has 1 saturated heterocycles. The van der Waals surface area contributed by atoms with E-state index in [0.717, 1.165) is 19.4 Å². The van der Waals surface area contributed by atoms with Crippen LogP contribution in [0.15, 0.2) is 42.5 Å². The standard InChI is InChI=1S/C14H16O3/c15-14(12-6-2-1-3-7-12)17-11-5-9-13-8-4-10-16-13/h1-3,5-7,9,13H,4,8,10-11H2/b9-5+/t13-/m0/s1. The van der Waals surface area contributed by atoms with Crippen LogP contribution in [0, 0.1) is 0 Å². The zero-order valence-electron chi connectivity index (χ0n) is 9.67. The lowest BCUT2D eigenvalue weighted by molar-refractivity contribution is 0.0547. The first-order chi connectivity index (χ1) is 8.36. The molecular formula is C14H16O3. The Labute approximate surface area is 101 Å². The van der Waals surface area contributed by atoms with Crippen molar-refractivity contribution < 1.29 is 14.3 Å². The van der Waals surface area contributed by atoms with Crippen molar-refractivity contribution in [3.05, 3.63) is 48.0 Å². The molecule has 2 rings (SSSR count). The Kier molecular flexibility index (Phi) is 4.33. The van der Waals surface area contributed by atoms with Crippen molar-refractivity contribution in [3.8, 4) is 0 Å². The van der Waals surface area contributed by atoms with E-state index in [-0.39, 0.29) is 12.1 Å². The Morgan fingerprint density at radius 2 is 2.24 bits per heavy atom. The number of rotatable bonds is 4. The summed E-state index contributed by atoms with van der Waals surface area (Å²) in [7, 11) is 0. The van der Waals surface area contributed by atoms with Crippen molar-refractivity contribution in [1.29, 1.82) is 0 Å². The van der Waals surface area contributed by atoms with Crippen LogP contribution in [0.25, 0.3) is 0 Å². The smallest absolute Gasteiger partial charge is 0.338 e. The number of ether oxygens (including phenoxy) is 2. The van der Waals surface area contributed by atoms with Gasteiger partial charge >= 0.3 is 5.97 Å². The predicted molar refractivity (Wildman–Crippen MR) is 64.8 cm³/mol. The van der Waals surface area contributed by atoms with Crippen molar-refractivity contribution in [1.82, 2.24) is 0 Å². The molecule has 1 aliphatic heterocycles. The molecule has 0 spiro atoms. The van der Waals surface area contributed by atoms with Crippen LogP contribution in [0.2, 0.25) is 0 Å². The van der Waals surface area contributed by atoms with Crippen molar-refractivity contribution in [2.75, 3.05) is 13.2 Å². The molecule has 0 unspecified atom stereocenters. The summed E-state index contributed by atoms with van der Waals surface area (Å²) in [6, 6.07) is 8.99. The molecule has 0 N–H and O–H groups in total. The third-order valence-electron chi connectivity index (χ3n) is 2.64. The van der Waals surface area contributed by atoms with Crippen molar-refractivity contribution in [3.63, 3.8) is 0 Å². The largest absolute Gasteiger partial charge is 0.458 e. The SMILES string of the molecule is O=C(OC/C=C/[C@@H]1CCCO1)c1ccccc1. The monoisotopic (exact) mass is 232 g/mol. The van der Waals surface area contributed by atoms with E-state index < -0.39 is 0 Å². The zero-order chi connectivity index (χ0) is 11.9. The van der Waals surface area contributed by atoms with E-state index in [2.05, 4.69) is 0 Å². The van der Waals surface area contributed by atoms with Gasteiger partial charge in [0.25, 0.3) is 0 Å². The second-order valence-electron chi connectivity index (χ2n) is 3.94. The summed E-state index contributed by atoms with van der Waals surface area (Å²) < 4.78 is 10.5. The van der Waals surface area contributed by atoms with Gasteiger partial charge in [0.1, 0.15) is 6.61 Å². The van der Waals surface area contributed by atoms with Gasteiger partial charge in [-0.1, -0.05) is 24.3 Å². The van der Waals surface area contributed by atoms with Crippen LogP contribution in [0.4, 0.5) is 0 Å². The molecule has 0 bridgehead atoms. The van der Waals surface area contributed by atoms with Gasteiger partial charge in [-0.2, -0.15) is 0 Å². The summed E-state index contributed by atoms with van der Waals surface area (Å²) in [6.45, 7) is 1.13. The second-order valence-corrected chi connectivity index (χ2v) is 3.94. The van der Waals surface area contributed by atoms with Gasteiger partial charge in [0.15, 0.2) is 0 Å². The maximum atomic E-state index is 11.6. The summed E-state index contributed by atoms with van der Waals surface area (Å²) in [6.07, 6.45) is 6.18. The molecule has 0 radical (unpaired) electrons. The van der Waals surface area contributed by atoms with E-state index in [0.29, 0.717) is 12.2 Å². The van der Waals surface area contributed by atoms with Crippen molar-refractivity contribution in [2.45, 2.75) is 18.9 Å². The lowest BCUT2D eigenvalue weighted by Crippen LogP contribution is -2.05. The molecule has 1 aliphatic rings. The third-order valence-corrected chi connectivity index (χ3v) is 2.64. The zero-order valence-corrected chi connectivity index (χ0v) is 9.67. The van der Waals surface area contributed by atoms with Crippen LogP contribution in [0.1, 0.15) is 23.2 Å². The first-order valence-corrected chi connectivity index (χ1v) is 5.87. The van der Waals surface area contributed by atoms with Gasteiger partial charge in [-0.25, -0.2) is 4.79 Å². The molecule has 0 amide bonds. The summed E-state index contributed by atoms with van der Waals surface area (Å²) in [5.74, 6) is -0.289. The summed E-state index contributed by atoms with van der Waals surface area (Å²) in [5, 5.41) is 0. The molecule has 1 atom stereocenters. The minimum absolute atomic E-state index is 0.199. The molecule has 90 valence electrons. The van der Waals surface area contributed by atoms with Gasteiger partial charge < -0.3 is 9.47 Å². The Morgan fingerprint density at radius 1 is 1.41 bits per heavy atom. The Bertz CT molecular complexity index is 378. The predicted octanol–water partition coefficient (Wildman–Crippen LogP) is 2.58. The highest BCUT2D eigenvalue weighted by molar-refractivity contribution is 5.89. The highest BCUT2D eigenvalue weighted by Crippen LogP contribution is 2.12. The maximum absolute atomic E-state index is 11.6. The first kappa shape index (κ1) is 11.9. The van der Waals surface area contributed by atoms with Crippen LogP contribution in [0.5, 0.6) is 0 Å². The van der Waals surface area contributed by atoms with Crippen molar-refractivity contribution in [2.24, 2.45) is 0 Å². The quantitative estimate of drug-likeness (QED) is 0.591. The van der Waals surface area contributed by atoms with Gasteiger partial charge in [0, 0.05) is 6.61 Å². The van der Waals surface area contributed by atoms with Gasteiger partial charge in [-0.05, 0) is 31.1 Å². The summed E-state index contributed by atoms with van der Waals surface area (Å²) in [4.78, 5) is 11.6. The number of carbonyl (C=O) groups is 1. The fraction of sp³-hybridized carbons (Fsp3) is 0.357. The van der Waals surface area contributed by atoms with E-state index in [1.807, 2.05) is 30.4 Å². The van der Waals surface area contributed by atoms with Gasteiger partial charge in [-0.15, -0.1) is 0 Å². The fourth-order valence-electron chi connectivity index (χ4n) is 1.74. The van der Waals surface area contributed by atoms with E-state index in [1.165, 1.54) is 0 Å². The molecular weight excluding hydrogens is 216 g/mol. The van der Waals surface area contributed by atoms with Gasteiger partial charge in [0.2, 0.25) is 0 Å². The van der Waals surface area contributed by atoms with Crippen molar-refractivity contribution >= 4 is 5.97 Å².